The third-order valence-electron chi connectivity index (χ3n) is 4.05. The summed E-state index contributed by atoms with van der Waals surface area (Å²) in [5.74, 6) is 1.21. The highest BCUT2D eigenvalue weighted by atomic mass is 127. The lowest BCUT2D eigenvalue weighted by Gasteiger charge is -2.17. The minimum absolute atomic E-state index is 0. The Hall–Kier alpha value is -0.0500. The molecule has 2 aliphatic rings. The van der Waals surface area contributed by atoms with Crippen molar-refractivity contribution in [1.82, 2.24) is 5.32 Å². The molecule has 1 heterocycles. The number of nitrogens with two attached hydrogens (primary N) is 1. The number of nitrogens with one attached hydrogen (secondary N) is 1. The lowest BCUT2D eigenvalue weighted by molar-refractivity contribution is 0.527. The quantitative estimate of drug-likeness (QED) is 0.318. The van der Waals surface area contributed by atoms with Crippen LogP contribution in [0.4, 0.5) is 0 Å². The maximum absolute atomic E-state index is 11.3. The molecular weight excluding hydrogens is 389 g/mol. The SMILES string of the molecule is I.NC(=NCC1CCS(=O)(=O)C1)NC1CCCCCC1. The Labute approximate surface area is 139 Å². The van der Waals surface area contributed by atoms with Crippen LogP contribution in [0.2, 0.25) is 0 Å². The van der Waals surface area contributed by atoms with E-state index in [1.165, 1.54) is 25.7 Å². The first-order valence-electron chi connectivity index (χ1n) is 7.32. The summed E-state index contributed by atoms with van der Waals surface area (Å²) in [6, 6.07) is 0.443. The highest BCUT2D eigenvalue weighted by Crippen LogP contribution is 2.19. The summed E-state index contributed by atoms with van der Waals surface area (Å²) in [4.78, 5) is 4.32. The molecule has 7 heteroatoms. The van der Waals surface area contributed by atoms with Crippen molar-refractivity contribution in [1.29, 1.82) is 0 Å². The molecule has 0 aromatic rings. The van der Waals surface area contributed by atoms with Crippen LogP contribution < -0.4 is 11.1 Å². The molecule has 5 nitrogen and oxygen atoms in total. The normalized spacial score (nSPS) is 27.6. The summed E-state index contributed by atoms with van der Waals surface area (Å²) in [5.41, 5.74) is 5.89. The van der Waals surface area contributed by atoms with Crippen LogP contribution in [-0.2, 0) is 9.84 Å². The van der Waals surface area contributed by atoms with E-state index in [2.05, 4.69) is 10.3 Å². The highest BCUT2D eigenvalue weighted by molar-refractivity contribution is 14.0. The lowest BCUT2D eigenvalue weighted by atomic mass is 10.1. The van der Waals surface area contributed by atoms with Crippen molar-refractivity contribution in [3.63, 3.8) is 0 Å². The maximum Gasteiger partial charge on any atom is 0.188 e. The number of nitrogens with zero attached hydrogens (tertiary/aromatic N) is 1. The summed E-state index contributed by atoms with van der Waals surface area (Å²) in [6.07, 6.45) is 8.19. The zero-order chi connectivity index (χ0) is 13.7. The van der Waals surface area contributed by atoms with Crippen LogP contribution in [0.5, 0.6) is 0 Å². The molecule has 1 saturated carbocycles. The van der Waals surface area contributed by atoms with Gasteiger partial charge < -0.3 is 11.1 Å². The number of hydrogen-bond acceptors (Lipinski definition) is 3. The zero-order valence-electron chi connectivity index (χ0n) is 11.9. The molecule has 0 aromatic carbocycles. The van der Waals surface area contributed by atoms with Gasteiger partial charge >= 0.3 is 0 Å². The van der Waals surface area contributed by atoms with Crippen molar-refractivity contribution in [2.75, 3.05) is 18.1 Å². The molecule has 20 heavy (non-hydrogen) atoms. The van der Waals surface area contributed by atoms with E-state index in [1.54, 1.807) is 0 Å². The molecule has 3 N–H and O–H groups in total. The van der Waals surface area contributed by atoms with E-state index >= 15 is 0 Å². The first-order valence-corrected chi connectivity index (χ1v) is 9.14. The summed E-state index contributed by atoms with van der Waals surface area (Å²) >= 11 is 0. The molecule has 0 amide bonds. The van der Waals surface area contributed by atoms with Crippen LogP contribution in [0.1, 0.15) is 44.9 Å². The fraction of sp³-hybridized carbons (Fsp3) is 0.923. The van der Waals surface area contributed by atoms with Gasteiger partial charge in [0.1, 0.15) is 0 Å². The first-order chi connectivity index (χ1) is 9.05. The van der Waals surface area contributed by atoms with E-state index in [4.69, 9.17) is 5.73 Å². The standard InChI is InChI=1S/C13H25N3O2S.HI/c14-13(16-12-5-3-1-2-4-6-12)15-9-11-7-8-19(17,18)10-11;/h11-12H,1-10H2,(H3,14,15,16);1H. The van der Waals surface area contributed by atoms with Crippen LogP contribution in [0.15, 0.2) is 4.99 Å². The Balaban J connectivity index is 0.00000200. The molecule has 2 rings (SSSR count). The minimum atomic E-state index is -2.81. The van der Waals surface area contributed by atoms with Crippen LogP contribution in [-0.4, -0.2) is 38.5 Å². The van der Waals surface area contributed by atoms with Gasteiger partial charge in [-0.05, 0) is 25.2 Å². The van der Waals surface area contributed by atoms with E-state index in [0.29, 0.717) is 24.3 Å². The van der Waals surface area contributed by atoms with Gasteiger partial charge in [-0.1, -0.05) is 25.7 Å². The fourth-order valence-corrected chi connectivity index (χ4v) is 4.77. The molecule has 1 atom stereocenters. The Kier molecular flexibility index (Phi) is 7.57. The van der Waals surface area contributed by atoms with E-state index in [9.17, 15) is 8.42 Å². The van der Waals surface area contributed by atoms with Gasteiger partial charge in [0.25, 0.3) is 0 Å². The first kappa shape index (κ1) is 18.0. The molecule has 1 saturated heterocycles. The van der Waals surface area contributed by atoms with Gasteiger partial charge in [0.2, 0.25) is 0 Å². The largest absolute Gasteiger partial charge is 0.370 e. The van der Waals surface area contributed by atoms with Gasteiger partial charge in [0.15, 0.2) is 15.8 Å². The second-order valence-electron chi connectivity index (χ2n) is 5.83. The Morgan fingerprint density at radius 3 is 2.35 bits per heavy atom. The van der Waals surface area contributed by atoms with Crippen molar-refractivity contribution in [2.45, 2.75) is 51.0 Å². The second-order valence-corrected chi connectivity index (χ2v) is 8.06. The molecule has 118 valence electrons. The van der Waals surface area contributed by atoms with Gasteiger partial charge in [-0.2, -0.15) is 0 Å². The number of sulfone groups is 1. The van der Waals surface area contributed by atoms with E-state index in [-0.39, 0.29) is 35.6 Å². The Morgan fingerprint density at radius 2 is 1.80 bits per heavy atom. The van der Waals surface area contributed by atoms with Crippen molar-refractivity contribution in [3.05, 3.63) is 0 Å². The number of hydrogen-bond donors (Lipinski definition) is 2. The third-order valence-corrected chi connectivity index (χ3v) is 5.89. The topological polar surface area (TPSA) is 84.5 Å². The van der Waals surface area contributed by atoms with Gasteiger partial charge in [0.05, 0.1) is 11.5 Å². The molecule has 1 unspecified atom stereocenters. The fourth-order valence-electron chi connectivity index (χ4n) is 2.92. The summed E-state index contributed by atoms with van der Waals surface area (Å²) in [5, 5.41) is 3.28. The van der Waals surface area contributed by atoms with Crippen molar-refractivity contribution < 1.29 is 8.42 Å². The average molecular weight is 415 g/mol. The zero-order valence-corrected chi connectivity index (χ0v) is 15.0. The molecule has 0 radical (unpaired) electrons. The Bertz CT molecular complexity index is 417. The molecular formula is C13H26IN3O2S. The van der Waals surface area contributed by atoms with Gasteiger partial charge in [-0.25, -0.2) is 8.42 Å². The summed E-state index contributed by atoms with van der Waals surface area (Å²) in [7, 11) is -2.81. The van der Waals surface area contributed by atoms with Crippen molar-refractivity contribution >= 4 is 39.8 Å². The van der Waals surface area contributed by atoms with Crippen molar-refractivity contribution in [2.24, 2.45) is 16.6 Å². The van der Waals surface area contributed by atoms with Crippen LogP contribution in [0.25, 0.3) is 0 Å². The minimum Gasteiger partial charge on any atom is -0.370 e. The maximum atomic E-state index is 11.3. The van der Waals surface area contributed by atoms with E-state index in [1.807, 2.05) is 0 Å². The molecule has 0 bridgehead atoms. The lowest BCUT2D eigenvalue weighted by Crippen LogP contribution is -2.40. The summed E-state index contributed by atoms with van der Waals surface area (Å²) < 4.78 is 22.7. The highest BCUT2D eigenvalue weighted by Gasteiger charge is 2.27. The van der Waals surface area contributed by atoms with Gasteiger partial charge in [-0.3, -0.25) is 4.99 Å². The molecule has 2 fully saturated rings. The van der Waals surface area contributed by atoms with Crippen LogP contribution in [0, 0.1) is 5.92 Å². The second kappa shape index (κ2) is 8.41. The number of guanidine groups is 1. The molecule has 1 aliphatic heterocycles. The van der Waals surface area contributed by atoms with Gasteiger partial charge in [0, 0.05) is 12.6 Å². The van der Waals surface area contributed by atoms with Crippen molar-refractivity contribution in [3.8, 4) is 0 Å². The molecule has 0 aromatic heterocycles. The third kappa shape index (κ3) is 6.15. The van der Waals surface area contributed by atoms with Crippen LogP contribution in [0.3, 0.4) is 0 Å². The number of aliphatic imine (C=N–C) groups is 1. The molecule has 0 spiro atoms. The summed E-state index contributed by atoms with van der Waals surface area (Å²) in [6.45, 7) is 0.533. The van der Waals surface area contributed by atoms with Gasteiger partial charge in [-0.15, -0.1) is 24.0 Å². The smallest absolute Gasteiger partial charge is 0.188 e. The monoisotopic (exact) mass is 415 g/mol. The average Bonchev–Trinajstić information content (AvgIpc) is 2.55. The number of halogens is 1. The van der Waals surface area contributed by atoms with Crippen LogP contribution >= 0.6 is 24.0 Å². The number of rotatable bonds is 3. The van der Waals surface area contributed by atoms with E-state index < -0.39 is 9.84 Å². The predicted octanol–water partition coefficient (Wildman–Crippen LogP) is 1.67. The molecule has 1 aliphatic carbocycles. The predicted molar refractivity (Wildman–Crippen MR) is 93.3 cm³/mol. The Morgan fingerprint density at radius 1 is 1.15 bits per heavy atom. The van der Waals surface area contributed by atoms with E-state index in [0.717, 1.165) is 19.3 Å².